The zero-order chi connectivity index (χ0) is 22.9. The topological polar surface area (TPSA) is 57.7 Å². The summed E-state index contributed by atoms with van der Waals surface area (Å²) in [7, 11) is 0. The van der Waals surface area contributed by atoms with Crippen molar-refractivity contribution in [2.45, 2.75) is 11.9 Å². The Bertz CT molecular complexity index is 1240. The summed E-state index contributed by atoms with van der Waals surface area (Å²) in [5.41, 5.74) is 1.55. The van der Waals surface area contributed by atoms with Crippen LogP contribution in [0.25, 0.3) is 10.9 Å². The number of para-hydroxylation sites is 1. The van der Waals surface area contributed by atoms with Gasteiger partial charge in [0, 0.05) is 17.6 Å². The second-order valence-corrected chi connectivity index (χ2v) is 9.16. The van der Waals surface area contributed by atoms with Crippen molar-refractivity contribution >= 4 is 36.5 Å². The molecule has 0 aliphatic rings. The Labute approximate surface area is 197 Å². The molecule has 1 heterocycles. The number of hydrogen-bond acceptors (Lipinski definition) is 5. The van der Waals surface area contributed by atoms with Crippen LogP contribution in [0.4, 0.5) is 9.18 Å². The van der Waals surface area contributed by atoms with Gasteiger partial charge in [-0.1, -0.05) is 12.1 Å². The Morgan fingerprint density at radius 2 is 1.76 bits per heavy atom. The summed E-state index contributed by atoms with van der Waals surface area (Å²) in [6, 6.07) is 22.8. The van der Waals surface area contributed by atoms with E-state index in [0.29, 0.717) is 11.5 Å². The van der Waals surface area contributed by atoms with Gasteiger partial charge in [0.05, 0.1) is 5.52 Å². The first-order valence-corrected chi connectivity index (χ1v) is 12.2. The van der Waals surface area contributed by atoms with E-state index >= 15 is 0 Å². The second kappa shape index (κ2) is 11.3. The van der Waals surface area contributed by atoms with Crippen molar-refractivity contribution in [2.24, 2.45) is 0 Å². The van der Waals surface area contributed by atoms with Crippen LogP contribution in [-0.2, 0) is 11.3 Å². The molecule has 166 valence electrons. The van der Waals surface area contributed by atoms with Crippen molar-refractivity contribution in [3.8, 4) is 11.5 Å². The van der Waals surface area contributed by atoms with Crippen molar-refractivity contribution in [1.82, 2.24) is 4.98 Å². The summed E-state index contributed by atoms with van der Waals surface area (Å²) in [6.45, 7) is 0.0815. The normalized spacial score (nSPS) is 10.9. The van der Waals surface area contributed by atoms with Gasteiger partial charge in [-0.3, -0.25) is 4.98 Å². The molecular weight excluding hydrogens is 488 g/mol. The third kappa shape index (κ3) is 6.65. The molecule has 0 radical (unpaired) electrons. The van der Waals surface area contributed by atoms with Gasteiger partial charge in [-0.15, -0.1) is 0 Å². The molecule has 5 nitrogen and oxygen atoms in total. The van der Waals surface area contributed by atoms with Crippen LogP contribution in [0.3, 0.4) is 0 Å². The Hall–Kier alpha value is -3.67. The van der Waals surface area contributed by atoms with E-state index in [4.69, 9.17) is 14.2 Å². The molecule has 0 fully saturated rings. The molecule has 0 saturated carbocycles. The van der Waals surface area contributed by atoms with E-state index in [2.05, 4.69) is 4.98 Å². The van der Waals surface area contributed by atoms with Gasteiger partial charge in [0.1, 0.15) is 5.75 Å². The van der Waals surface area contributed by atoms with Gasteiger partial charge < -0.3 is 0 Å². The number of rotatable bonds is 8. The second-order valence-electron chi connectivity index (χ2n) is 6.87. The molecule has 0 bridgehead atoms. The number of pyridine rings is 1. The molecule has 7 heteroatoms. The number of benzene rings is 3. The Balaban J connectivity index is 1.21. The predicted molar refractivity (Wildman–Crippen MR) is 125 cm³/mol. The quantitative estimate of drug-likeness (QED) is 0.181. The zero-order valence-electron chi connectivity index (χ0n) is 17.5. The molecule has 0 aliphatic heterocycles. The number of allylic oxidation sites excluding steroid dienone is 1. The first-order chi connectivity index (χ1) is 16.2. The van der Waals surface area contributed by atoms with Crippen molar-refractivity contribution in [3.63, 3.8) is 0 Å². The van der Waals surface area contributed by atoms with Crippen LogP contribution in [0.5, 0.6) is 11.5 Å². The average molecular weight is 508 g/mol. The molecular formula is C26H20FNO4Se. The van der Waals surface area contributed by atoms with Crippen LogP contribution >= 0.6 is 0 Å². The molecule has 4 rings (SSSR count). The summed E-state index contributed by atoms with van der Waals surface area (Å²) in [5, 5.41) is 1.59. The molecule has 4 aromatic rings. The number of ether oxygens (including phenoxy) is 3. The number of halogens is 1. The van der Waals surface area contributed by atoms with E-state index in [9.17, 15) is 9.18 Å². The molecule has 0 N–H and O–H groups in total. The van der Waals surface area contributed by atoms with Crippen LogP contribution in [0.2, 0.25) is 5.32 Å². The zero-order valence-corrected chi connectivity index (χ0v) is 19.2. The number of hydrogen-bond donors (Lipinski definition) is 0. The summed E-state index contributed by atoms with van der Waals surface area (Å²) in [4.78, 5) is 16.3. The average Bonchev–Trinajstić information content (AvgIpc) is 2.85. The molecule has 0 saturated heterocycles. The third-order valence-corrected chi connectivity index (χ3v) is 6.57. The predicted octanol–water partition coefficient (Wildman–Crippen LogP) is 5.43. The molecule has 33 heavy (non-hydrogen) atoms. The monoisotopic (exact) mass is 509 g/mol. The number of aromatic nitrogens is 1. The fraction of sp³-hybridized carbons (Fsp3) is 0.0769. The van der Waals surface area contributed by atoms with Gasteiger partial charge in [0.25, 0.3) is 0 Å². The van der Waals surface area contributed by atoms with E-state index in [1.807, 2.05) is 42.5 Å². The molecule has 0 unspecified atom stereocenters. The summed E-state index contributed by atoms with van der Waals surface area (Å²) in [5.74, 6) is 0.860. The Morgan fingerprint density at radius 3 is 2.58 bits per heavy atom. The first kappa shape index (κ1) is 22.5. The van der Waals surface area contributed by atoms with Gasteiger partial charge in [-0.2, -0.15) is 0 Å². The molecule has 3 aromatic carbocycles. The summed E-state index contributed by atoms with van der Waals surface area (Å²) >= 11 is 0.228. The maximum absolute atomic E-state index is 12.9. The van der Waals surface area contributed by atoms with Crippen molar-refractivity contribution in [2.75, 3.05) is 0 Å². The van der Waals surface area contributed by atoms with Crippen molar-refractivity contribution < 1.29 is 23.4 Å². The van der Waals surface area contributed by atoms with Crippen LogP contribution in [0.15, 0.2) is 97.4 Å². The first-order valence-electron chi connectivity index (χ1n) is 10.1. The Morgan fingerprint density at radius 1 is 0.970 bits per heavy atom. The van der Waals surface area contributed by atoms with E-state index in [0.717, 1.165) is 26.2 Å². The van der Waals surface area contributed by atoms with Crippen LogP contribution in [0, 0.1) is 5.82 Å². The smallest absolute Gasteiger partial charge is 0.256 e. The van der Waals surface area contributed by atoms with Crippen molar-refractivity contribution in [1.29, 1.82) is 0 Å². The molecule has 0 atom stereocenters. The van der Waals surface area contributed by atoms with Gasteiger partial charge in [0.2, 0.25) is 0 Å². The van der Waals surface area contributed by atoms with Crippen LogP contribution in [0.1, 0.15) is 5.56 Å². The summed E-state index contributed by atoms with van der Waals surface area (Å²) < 4.78 is 30.2. The number of nitrogens with zero attached hydrogens (tertiary/aromatic N) is 1. The minimum atomic E-state index is -0.780. The minimum Gasteiger partial charge on any atom is -0.256 e. The minimum absolute atomic E-state index is 0.0815. The molecule has 0 amide bonds. The van der Waals surface area contributed by atoms with Gasteiger partial charge >= 0.3 is 139 Å². The van der Waals surface area contributed by atoms with Gasteiger partial charge in [0.15, 0.2) is 0 Å². The number of carbonyl (C=O) groups excluding carboxylic acids is 1. The molecule has 1 aromatic heterocycles. The van der Waals surface area contributed by atoms with Crippen molar-refractivity contribution in [3.05, 3.63) is 109 Å². The fourth-order valence-electron chi connectivity index (χ4n) is 2.93. The summed E-state index contributed by atoms with van der Waals surface area (Å²) in [6.07, 6.45) is 4.39. The van der Waals surface area contributed by atoms with Crippen LogP contribution < -0.4 is 13.9 Å². The fourth-order valence-corrected chi connectivity index (χ4v) is 4.39. The van der Waals surface area contributed by atoms with Crippen LogP contribution in [-0.4, -0.2) is 26.1 Å². The van der Waals surface area contributed by atoms with E-state index < -0.39 is 6.16 Å². The van der Waals surface area contributed by atoms with E-state index in [-0.39, 0.29) is 27.4 Å². The van der Waals surface area contributed by atoms with Gasteiger partial charge in [-0.05, 0) is 12.1 Å². The van der Waals surface area contributed by atoms with E-state index in [1.165, 1.54) is 12.1 Å². The third-order valence-electron chi connectivity index (χ3n) is 4.54. The number of carbonyl (C=O) groups is 1. The SMILES string of the molecule is O=C(OCc1ccc(OC=CC[Se]c2ccc(F)cc2)cc1)Oc1ccnc2ccccc12. The Kier molecular flexibility index (Phi) is 7.69. The molecule has 0 spiro atoms. The standard InChI is InChI=1S/C26H20FNO4Se/c27-20-8-12-22(13-9-20)33-17-3-16-30-21-10-6-19(7-11-21)18-31-26(29)32-25-14-15-28-24-5-2-1-4-23(24)25/h1-16H,17-18H2. The van der Waals surface area contributed by atoms with E-state index in [1.54, 1.807) is 42.8 Å². The molecule has 0 aliphatic carbocycles. The maximum atomic E-state index is 12.9. The number of fused-ring (bicyclic) bond motifs is 1. The van der Waals surface area contributed by atoms with Gasteiger partial charge in [-0.25, -0.2) is 0 Å².